The Kier molecular flexibility index (Phi) is 6.67. The molecule has 0 aromatic heterocycles. The van der Waals surface area contributed by atoms with Gasteiger partial charge in [-0.15, -0.1) is 0 Å². The van der Waals surface area contributed by atoms with Crippen LogP contribution >= 0.6 is 0 Å². The number of hydrogen-bond donors (Lipinski definition) is 2. The Morgan fingerprint density at radius 2 is 1.67 bits per heavy atom. The van der Waals surface area contributed by atoms with Crippen molar-refractivity contribution in [1.29, 1.82) is 0 Å². The number of fused-ring (bicyclic) bond motifs is 3. The lowest BCUT2D eigenvalue weighted by Gasteiger charge is -2.29. The smallest absolute Gasteiger partial charge is 0.407 e. The number of ether oxygens (including phenoxy) is 1. The van der Waals surface area contributed by atoms with Crippen molar-refractivity contribution in [3.05, 3.63) is 59.7 Å². The average Bonchev–Trinajstić information content (AvgIpc) is 3.39. The van der Waals surface area contributed by atoms with Crippen LogP contribution in [-0.2, 0) is 14.3 Å². The van der Waals surface area contributed by atoms with Gasteiger partial charge in [0.05, 0.1) is 5.92 Å². The Hall–Kier alpha value is -3.35. The van der Waals surface area contributed by atoms with Crippen LogP contribution in [0.2, 0.25) is 0 Å². The molecule has 0 saturated heterocycles. The highest BCUT2D eigenvalue weighted by molar-refractivity contribution is 5.86. The number of carbonyl (C=O) groups is 3. The van der Waals surface area contributed by atoms with Crippen LogP contribution in [0.5, 0.6) is 0 Å². The van der Waals surface area contributed by atoms with Crippen molar-refractivity contribution in [3.8, 4) is 11.1 Å². The van der Waals surface area contributed by atoms with E-state index in [0.717, 1.165) is 28.7 Å². The maximum Gasteiger partial charge on any atom is 0.407 e. The van der Waals surface area contributed by atoms with Crippen LogP contribution in [0.4, 0.5) is 4.79 Å². The standard InChI is InChI=1S/C26H30N2O5/c1-3-23(25(30)31)28(2)24(29)20-13-8-14-22(20)27-26(32)33-15-21-18-11-6-4-9-16(18)17-10-5-7-12-19(17)21/h4-7,9-12,20-23H,3,8,13-15H2,1-2H3,(H,27,32)(H,30,31)/t20-,22+,23?/m1/s1. The molecule has 0 radical (unpaired) electrons. The summed E-state index contributed by atoms with van der Waals surface area (Å²) in [5.41, 5.74) is 4.61. The summed E-state index contributed by atoms with van der Waals surface area (Å²) in [6, 6.07) is 15.1. The second-order valence-corrected chi connectivity index (χ2v) is 8.83. The van der Waals surface area contributed by atoms with Gasteiger partial charge in [0.1, 0.15) is 12.6 Å². The van der Waals surface area contributed by atoms with Crippen LogP contribution < -0.4 is 5.32 Å². The lowest BCUT2D eigenvalue weighted by Crippen LogP contribution is -2.49. The Balaban J connectivity index is 1.39. The van der Waals surface area contributed by atoms with E-state index in [1.807, 2.05) is 24.3 Å². The van der Waals surface area contributed by atoms with Crippen LogP contribution in [-0.4, -0.2) is 53.7 Å². The molecule has 0 spiro atoms. The van der Waals surface area contributed by atoms with Crippen LogP contribution in [0.3, 0.4) is 0 Å². The van der Waals surface area contributed by atoms with Gasteiger partial charge in [-0.05, 0) is 41.5 Å². The minimum Gasteiger partial charge on any atom is -0.480 e. The summed E-state index contributed by atoms with van der Waals surface area (Å²) in [6.45, 7) is 1.95. The zero-order valence-electron chi connectivity index (χ0n) is 19.0. The summed E-state index contributed by atoms with van der Waals surface area (Å²) in [6.07, 6.45) is 1.86. The number of aliphatic carboxylic acids is 1. The summed E-state index contributed by atoms with van der Waals surface area (Å²) in [5.74, 6) is -1.74. The van der Waals surface area contributed by atoms with E-state index in [1.165, 1.54) is 11.9 Å². The van der Waals surface area contributed by atoms with Gasteiger partial charge in [0.25, 0.3) is 0 Å². The number of likely N-dealkylation sites (N-methyl/N-ethyl adjacent to an activating group) is 1. The van der Waals surface area contributed by atoms with Crippen molar-refractivity contribution in [2.45, 2.75) is 50.6 Å². The first-order valence-electron chi connectivity index (χ1n) is 11.5. The van der Waals surface area contributed by atoms with E-state index in [0.29, 0.717) is 19.3 Å². The minimum atomic E-state index is -1.02. The molecule has 2 aliphatic rings. The number of carboxylic acid groups (broad SMARTS) is 1. The van der Waals surface area contributed by atoms with Gasteiger partial charge < -0.3 is 20.1 Å². The molecule has 0 bridgehead atoms. The molecule has 2 aromatic rings. The Labute approximate surface area is 193 Å². The third-order valence-corrected chi connectivity index (χ3v) is 6.97. The molecule has 2 amide bonds. The van der Waals surface area contributed by atoms with Crippen molar-refractivity contribution in [1.82, 2.24) is 10.2 Å². The van der Waals surface area contributed by atoms with E-state index in [1.54, 1.807) is 6.92 Å². The summed E-state index contributed by atoms with van der Waals surface area (Å²) < 4.78 is 5.63. The molecular formula is C26H30N2O5. The average molecular weight is 451 g/mol. The number of carbonyl (C=O) groups excluding carboxylic acids is 2. The van der Waals surface area contributed by atoms with Gasteiger partial charge in [0.15, 0.2) is 0 Å². The number of amides is 2. The molecule has 7 nitrogen and oxygen atoms in total. The summed E-state index contributed by atoms with van der Waals surface area (Å²) >= 11 is 0. The molecule has 1 unspecified atom stereocenters. The normalized spacial score (nSPS) is 19.9. The second kappa shape index (κ2) is 9.65. The first-order chi connectivity index (χ1) is 15.9. The number of alkyl carbamates (subject to hydrolysis) is 1. The molecule has 2 N–H and O–H groups in total. The van der Waals surface area contributed by atoms with E-state index in [4.69, 9.17) is 4.74 Å². The van der Waals surface area contributed by atoms with Gasteiger partial charge in [-0.3, -0.25) is 4.79 Å². The van der Waals surface area contributed by atoms with Gasteiger partial charge in [0, 0.05) is 19.0 Å². The second-order valence-electron chi connectivity index (χ2n) is 8.83. The predicted molar refractivity (Wildman–Crippen MR) is 124 cm³/mol. The molecule has 2 aromatic carbocycles. The number of nitrogens with one attached hydrogen (secondary N) is 1. The van der Waals surface area contributed by atoms with E-state index < -0.39 is 24.0 Å². The van der Waals surface area contributed by atoms with E-state index >= 15 is 0 Å². The molecule has 174 valence electrons. The number of hydrogen-bond acceptors (Lipinski definition) is 4. The Morgan fingerprint density at radius 1 is 1.06 bits per heavy atom. The van der Waals surface area contributed by atoms with Gasteiger partial charge in [-0.25, -0.2) is 9.59 Å². The highest BCUT2D eigenvalue weighted by Gasteiger charge is 2.39. The number of nitrogens with zero attached hydrogens (tertiary/aromatic N) is 1. The molecule has 1 fully saturated rings. The SMILES string of the molecule is CCC(C(=O)O)N(C)C(=O)[C@@H]1CCC[C@@H]1NC(=O)OCC1c2ccccc2-c2ccccc21. The number of carboxylic acids is 1. The monoisotopic (exact) mass is 450 g/mol. The van der Waals surface area contributed by atoms with Gasteiger partial charge >= 0.3 is 12.1 Å². The molecule has 33 heavy (non-hydrogen) atoms. The molecule has 0 heterocycles. The van der Waals surface area contributed by atoms with Crippen molar-refractivity contribution < 1.29 is 24.2 Å². The van der Waals surface area contributed by atoms with Crippen molar-refractivity contribution in [2.75, 3.05) is 13.7 Å². The van der Waals surface area contributed by atoms with Crippen molar-refractivity contribution in [2.24, 2.45) is 5.92 Å². The van der Waals surface area contributed by atoms with Crippen LogP contribution in [0, 0.1) is 5.92 Å². The quantitative estimate of drug-likeness (QED) is 0.664. The molecule has 0 aliphatic heterocycles. The van der Waals surface area contributed by atoms with E-state index in [-0.39, 0.29) is 24.5 Å². The molecular weight excluding hydrogens is 420 g/mol. The Bertz CT molecular complexity index is 1010. The zero-order chi connectivity index (χ0) is 23.5. The maximum atomic E-state index is 13.0. The van der Waals surface area contributed by atoms with Crippen LogP contribution in [0.1, 0.15) is 49.7 Å². The lowest BCUT2D eigenvalue weighted by molar-refractivity contribution is -0.151. The topological polar surface area (TPSA) is 95.9 Å². The fraction of sp³-hybridized carbons (Fsp3) is 0.423. The largest absolute Gasteiger partial charge is 0.480 e. The van der Waals surface area contributed by atoms with E-state index in [9.17, 15) is 19.5 Å². The first-order valence-corrected chi connectivity index (χ1v) is 11.5. The molecule has 3 atom stereocenters. The maximum absolute atomic E-state index is 13.0. The fourth-order valence-electron chi connectivity index (χ4n) is 5.25. The minimum absolute atomic E-state index is 0.0313. The Morgan fingerprint density at radius 3 is 2.24 bits per heavy atom. The van der Waals surface area contributed by atoms with Crippen molar-refractivity contribution >= 4 is 18.0 Å². The van der Waals surface area contributed by atoms with Gasteiger partial charge in [-0.2, -0.15) is 0 Å². The molecule has 1 saturated carbocycles. The lowest BCUT2D eigenvalue weighted by atomic mass is 9.98. The molecule has 7 heteroatoms. The van der Waals surface area contributed by atoms with Gasteiger partial charge in [0.2, 0.25) is 5.91 Å². The van der Waals surface area contributed by atoms with Crippen molar-refractivity contribution in [3.63, 3.8) is 0 Å². The highest BCUT2D eigenvalue weighted by Crippen LogP contribution is 2.44. The van der Waals surface area contributed by atoms with Crippen LogP contribution in [0.25, 0.3) is 11.1 Å². The van der Waals surface area contributed by atoms with Crippen LogP contribution in [0.15, 0.2) is 48.5 Å². The summed E-state index contributed by atoms with van der Waals surface area (Å²) in [4.78, 5) is 38.4. The number of rotatable bonds is 7. The van der Waals surface area contributed by atoms with Gasteiger partial charge in [-0.1, -0.05) is 61.9 Å². The fourth-order valence-corrected chi connectivity index (χ4v) is 5.25. The molecule has 2 aliphatic carbocycles. The molecule has 4 rings (SSSR count). The first kappa shape index (κ1) is 22.8. The predicted octanol–water partition coefficient (Wildman–Crippen LogP) is 4.02. The summed E-state index contributed by atoms with van der Waals surface area (Å²) in [5, 5.41) is 12.2. The highest BCUT2D eigenvalue weighted by atomic mass is 16.5. The zero-order valence-corrected chi connectivity index (χ0v) is 19.0. The van der Waals surface area contributed by atoms with E-state index in [2.05, 4.69) is 29.6 Å². The third kappa shape index (κ3) is 4.45. The summed E-state index contributed by atoms with van der Waals surface area (Å²) in [7, 11) is 1.52. The third-order valence-electron chi connectivity index (χ3n) is 6.97. The number of benzene rings is 2.